The van der Waals surface area contributed by atoms with Crippen LogP contribution in [0.15, 0.2) is 18.2 Å². The van der Waals surface area contributed by atoms with Gasteiger partial charge in [0.1, 0.15) is 18.8 Å². The molecular formula is C22H30F3N3O5. The summed E-state index contributed by atoms with van der Waals surface area (Å²) >= 11 is 0. The lowest BCUT2D eigenvalue weighted by atomic mass is 10.0. The monoisotopic (exact) mass is 473 g/mol. The zero-order valence-electron chi connectivity index (χ0n) is 19.4. The van der Waals surface area contributed by atoms with E-state index >= 15 is 0 Å². The van der Waals surface area contributed by atoms with Gasteiger partial charge in [0.05, 0.1) is 17.7 Å². The highest BCUT2D eigenvalue weighted by molar-refractivity contribution is 5.98. The molecule has 0 spiro atoms. The highest BCUT2D eigenvalue weighted by Crippen LogP contribution is 2.28. The van der Waals surface area contributed by atoms with Crippen molar-refractivity contribution in [1.82, 2.24) is 9.80 Å². The van der Waals surface area contributed by atoms with Crippen LogP contribution >= 0.6 is 0 Å². The van der Waals surface area contributed by atoms with Gasteiger partial charge in [-0.25, -0.2) is 0 Å². The van der Waals surface area contributed by atoms with Gasteiger partial charge < -0.3 is 24.6 Å². The first-order chi connectivity index (χ1) is 15.3. The van der Waals surface area contributed by atoms with Crippen LogP contribution in [-0.4, -0.2) is 79.7 Å². The third-order valence-electron chi connectivity index (χ3n) is 5.50. The molecule has 11 heteroatoms. The Labute approximate surface area is 191 Å². The summed E-state index contributed by atoms with van der Waals surface area (Å²) in [4.78, 5) is 40.1. The first kappa shape index (κ1) is 26.4. The fraction of sp³-hybridized carbons (Fsp3) is 0.591. The second kappa shape index (κ2) is 10.9. The van der Waals surface area contributed by atoms with E-state index in [2.05, 4.69) is 5.32 Å². The molecule has 3 amide bonds. The van der Waals surface area contributed by atoms with Crippen molar-refractivity contribution >= 4 is 23.4 Å². The summed E-state index contributed by atoms with van der Waals surface area (Å²) in [5.74, 6) is -1.73. The number of methoxy groups -OCH3 is 1. The van der Waals surface area contributed by atoms with Gasteiger partial charge >= 0.3 is 6.18 Å². The number of fused-ring (bicyclic) bond motifs is 1. The van der Waals surface area contributed by atoms with Crippen molar-refractivity contribution in [3.63, 3.8) is 0 Å². The molecule has 33 heavy (non-hydrogen) atoms. The maximum atomic E-state index is 13.1. The number of likely N-dealkylation sites (N-methyl/N-ethyl adjacent to an activating group) is 1. The summed E-state index contributed by atoms with van der Waals surface area (Å²) in [5, 5.41) is 2.17. The van der Waals surface area contributed by atoms with E-state index in [1.54, 1.807) is 26.0 Å². The second-order valence-corrected chi connectivity index (χ2v) is 8.32. The Hall–Kier alpha value is -2.82. The average molecular weight is 473 g/mol. The lowest BCUT2D eigenvalue weighted by Gasteiger charge is -2.35. The zero-order valence-corrected chi connectivity index (χ0v) is 19.4. The second-order valence-electron chi connectivity index (χ2n) is 8.32. The standard InChI is InChI=1S/C22H30F3N3O5/c1-13-10-28(15(3)29)14(2)12-33-18-8-16(26-20(30)9-22(23,24)25)6-7-17(18)21(31)27(4)11-19(13)32-5/h6-8,13-14,19H,9-12H2,1-5H3,(H,26,30)/t13-,14+,19+/m1/s1. The van der Waals surface area contributed by atoms with Crippen LogP contribution < -0.4 is 10.1 Å². The largest absolute Gasteiger partial charge is 0.491 e. The van der Waals surface area contributed by atoms with E-state index in [0.29, 0.717) is 6.54 Å². The van der Waals surface area contributed by atoms with Crippen molar-refractivity contribution in [1.29, 1.82) is 0 Å². The van der Waals surface area contributed by atoms with E-state index in [-0.39, 0.29) is 60.0 Å². The Kier molecular flexibility index (Phi) is 8.70. The average Bonchev–Trinajstić information content (AvgIpc) is 2.71. The van der Waals surface area contributed by atoms with Crippen LogP contribution in [0.4, 0.5) is 18.9 Å². The first-order valence-electron chi connectivity index (χ1n) is 10.5. The Morgan fingerprint density at radius 1 is 1.24 bits per heavy atom. The molecule has 1 N–H and O–H groups in total. The highest BCUT2D eigenvalue weighted by atomic mass is 19.4. The number of carbonyl (C=O) groups is 3. The summed E-state index contributed by atoms with van der Waals surface area (Å²) in [7, 11) is 3.14. The van der Waals surface area contributed by atoms with Crippen molar-refractivity contribution < 1.29 is 37.0 Å². The van der Waals surface area contributed by atoms with Gasteiger partial charge in [0.15, 0.2) is 0 Å². The number of anilines is 1. The van der Waals surface area contributed by atoms with Crippen molar-refractivity contribution in [2.45, 2.75) is 45.5 Å². The predicted molar refractivity (Wildman–Crippen MR) is 115 cm³/mol. The number of hydrogen-bond acceptors (Lipinski definition) is 5. The first-order valence-corrected chi connectivity index (χ1v) is 10.5. The molecule has 1 aliphatic heterocycles. The molecule has 0 bridgehead atoms. The number of amides is 3. The number of halogens is 3. The molecule has 1 aromatic carbocycles. The number of ether oxygens (including phenoxy) is 2. The third kappa shape index (κ3) is 7.34. The van der Waals surface area contributed by atoms with Crippen molar-refractivity contribution in [2.75, 3.05) is 39.2 Å². The molecule has 1 heterocycles. The zero-order chi connectivity index (χ0) is 24.9. The van der Waals surface area contributed by atoms with E-state index in [1.807, 2.05) is 6.92 Å². The summed E-state index contributed by atoms with van der Waals surface area (Å²) in [5.41, 5.74) is 0.237. The van der Waals surface area contributed by atoms with Crippen LogP contribution in [0.3, 0.4) is 0 Å². The summed E-state index contributed by atoms with van der Waals surface area (Å²) in [6.07, 6.45) is -6.61. The van der Waals surface area contributed by atoms with Crippen molar-refractivity contribution in [3.05, 3.63) is 23.8 Å². The van der Waals surface area contributed by atoms with Gasteiger partial charge in [-0.15, -0.1) is 0 Å². The lowest BCUT2D eigenvalue weighted by molar-refractivity contribution is -0.150. The van der Waals surface area contributed by atoms with Crippen molar-refractivity contribution in [2.24, 2.45) is 5.92 Å². The number of nitrogens with one attached hydrogen (secondary N) is 1. The molecule has 0 saturated carbocycles. The van der Waals surface area contributed by atoms with E-state index in [9.17, 15) is 27.6 Å². The quantitative estimate of drug-likeness (QED) is 0.730. The normalized spacial score (nSPS) is 22.5. The molecule has 1 aromatic rings. The minimum absolute atomic E-state index is 0.0356. The maximum Gasteiger partial charge on any atom is 0.397 e. The van der Waals surface area contributed by atoms with E-state index in [0.717, 1.165) is 0 Å². The van der Waals surface area contributed by atoms with E-state index < -0.39 is 18.5 Å². The van der Waals surface area contributed by atoms with Crippen LogP contribution in [0.2, 0.25) is 0 Å². The highest BCUT2D eigenvalue weighted by Gasteiger charge is 2.32. The number of nitrogens with zero attached hydrogens (tertiary/aromatic N) is 2. The van der Waals surface area contributed by atoms with Crippen molar-refractivity contribution in [3.8, 4) is 5.75 Å². The Bertz CT molecular complexity index is 877. The predicted octanol–water partition coefficient (Wildman–Crippen LogP) is 2.93. The molecule has 0 aromatic heterocycles. The lowest BCUT2D eigenvalue weighted by Crippen LogP contribution is -2.48. The Morgan fingerprint density at radius 3 is 2.48 bits per heavy atom. The maximum absolute atomic E-state index is 13.1. The summed E-state index contributed by atoms with van der Waals surface area (Å²) in [6.45, 7) is 5.86. The molecule has 0 aliphatic carbocycles. The van der Waals surface area contributed by atoms with Gasteiger partial charge in [0.25, 0.3) is 5.91 Å². The molecule has 0 unspecified atom stereocenters. The van der Waals surface area contributed by atoms with Gasteiger partial charge in [0.2, 0.25) is 11.8 Å². The molecule has 2 rings (SSSR count). The van der Waals surface area contributed by atoms with Crippen LogP contribution in [0.1, 0.15) is 37.6 Å². The van der Waals surface area contributed by atoms with E-state index in [1.165, 1.54) is 30.0 Å². The smallest absolute Gasteiger partial charge is 0.397 e. The van der Waals surface area contributed by atoms with E-state index in [4.69, 9.17) is 9.47 Å². The molecule has 0 radical (unpaired) electrons. The molecular weight excluding hydrogens is 443 g/mol. The Balaban J connectivity index is 2.40. The summed E-state index contributed by atoms with van der Waals surface area (Å²) < 4.78 is 48.9. The number of benzene rings is 1. The molecule has 184 valence electrons. The number of alkyl halides is 3. The SMILES string of the molecule is CO[C@H]1CN(C)C(=O)c2ccc(NC(=O)CC(F)(F)F)cc2OC[C@H](C)N(C(C)=O)C[C@H]1C. The molecule has 0 fully saturated rings. The van der Waals surface area contributed by atoms with Crippen LogP contribution in [0, 0.1) is 5.92 Å². The topological polar surface area (TPSA) is 88.2 Å². The van der Waals surface area contributed by atoms with Gasteiger partial charge in [0, 0.05) is 51.8 Å². The fourth-order valence-electron chi connectivity index (χ4n) is 3.68. The molecule has 0 saturated heterocycles. The van der Waals surface area contributed by atoms with Gasteiger partial charge in [-0.05, 0) is 19.1 Å². The van der Waals surface area contributed by atoms with Gasteiger partial charge in [-0.1, -0.05) is 6.92 Å². The molecule has 8 nitrogen and oxygen atoms in total. The van der Waals surface area contributed by atoms with Gasteiger partial charge in [-0.2, -0.15) is 13.2 Å². The number of rotatable bonds is 3. The van der Waals surface area contributed by atoms with Crippen LogP contribution in [0.5, 0.6) is 5.75 Å². The minimum Gasteiger partial charge on any atom is -0.491 e. The molecule has 3 atom stereocenters. The summed E-state index contributed by atoms with van der Waals surface area (Å²) in [6, 6.07) is 3.69. The minimum atomic E-state index is -4.64. The fourth-order valence-corrected chi connectivity index (χ4v) is 3.68. The van der Waals surface area contributed by atoms with Gasteiger partial charge in [-0.3, -0.25) is 14.4 Å². The van der Waals surface area contributed by atoms with Crippen LogP contribution in [-0.2, 0) is 14.3 Å². The van der Waals surface area contributed by atoms with Crippen LogP contribution in [0.25, 0.3) is 0 Å². The molecule has 1 aliphatic rings. The number of carbonyl (C=O) groups excluding carboxylic acids is 3. The Morgan fingerprint density at radius 2 is 1.91 bits per heavy atom. The number of hydrogen-bond donors (Lipinski definition) is 1. The third-order valence-corrected chi connectivity index (χ3v) is 5.50.